The summed E-state index contributed by atoms with van der Waals surface area (Å²) in [6.45, 7) is 9.41. The maximum atomic E-state index is 2.53. The van der Waals surface area contributed by atoms with E-state index in [1.54, 1.807) is 0 Å². The van der Waals surface area contributed by atoms with Gasteiger partial charge in [0.2, 0.25) is 0 Å². The number of halogens is 2. The molecule has 2 rings (SSSR count). The van der Waals surface area contributed by atoms with Crippen molar-refractivity contribution in [1.82, 2.24) is 0 Å². The summed E-state index contributed by atoms with van der Waals surface area (Å²) >= 11 is -0.623. The minimum atomic E-state index is -0.623. The van der Waals surface area contributed by atoms with Crippen LogP contribution in [-0.4, -0.2) is 0 Å². The van der Waals surface area contributed by atoms with E-state index in [-0.39, 0.29) is 9.41 Å². The van der Waals surface area contributed by atoms with Crippen molar-refractivity contribution >= 4 is 0 Å². The van der Waals surface area contributed by atoms with Gasteiger partial charge in [0.05, 0.1) is 0 Å². The molecule has 0 bridgehead atoms. The molecule has 0 heterocycles. The van der Waals surface area contributed by atoms with Gasteiger partial charge in [-0.1, -0.05) is 0 Å². The molecule has 0 N–H and O–H groups in total. The van der Waals surface area contributed by atoms with E-state index in [0.29, 0.717) is 6.25 Å². The summed E-state index contributed by atoms with van der Waals surface area (Å²) in [5.41, 5.74) is 0. The molecule has 0 aromatic heterocycles. The topological polar surface area (TPSA) is 0 Å². The molecule has 0 aliphatic heterocycles. The van der Waals surface area contributed by atoms with Crippen LogP contribution in [0.15, 0.2) is 48.6 Å². The number of hydrogen-bond acceptors (Lipinski definition) is 0. The molecule has 0 spiro atoms. The van der Waals surface area contributed by atoms with E-state index in [9.17, 15) is 0 Å². The SMILES string of the molecule is CC(C)CC[C]1([Zr+2][C]2(CCC(C)C)C=CC=C2)C=CC=C1.[F-].[F-]. The number of allylic oxidation sites excluding steroid dienone is 8. The Hall–Kier alpha value is -0.297. The Morgan fingerprint density at radius 3 is 1.22 bits per heavy atom. The third kappa shape index (κ3) is 6.61. The molecule has 128 valence electrons. The average Bonchev–Trinajstić information content (AvgIpc) is 3.06. The summed E-state index contributed by atoms with van der Waals surface area (Å²) in [7, 11) is 0. The van der Waals surface area contributed by atoms with Crippen LogP contribution < -0.4 is 9.41 Å². The van der Waals surface area contributed by atoms with Gasteiger partial charge in [0, 0.05) is 0 Å². The van der Waals surface area contributed by atoms with Crippen molar-refractivity contribution < 1.29 is 32.6 Å². The predicted octanol–water partition coefficient (Wildman–Crippen LogP) is 0.519. The maximum absolute atomic E-state index is 2.53. The van der Waals surface area contributed by atoms with Crippen LogP contribution in [0.4, 0.5) is 0 Å². The van der Waals surface area contributed by atoms with Crippen molar-refractivity contribution in [2.45, 2.75) is 59.6 Å². The zero-order valence-corrected chi connectivity index (χ0v) is 17.3. The molecular formula is C20H30F2Zr. The van der Waals surface area contributed by atoms with Crippen LogP contribution in [0.1, 0.15) is 53.4 Å². The van der Waals surface area contributed by atoms with Crippen molar-refractivity contribution in [3.05, 3.63) is 48.6 Å². The van der Waals surface area contributed by atoms with Crippen LogP contribution in [0, 0.1) is 11.8 Å². The second kappa shape index (κ2) is 9.87. The third-order valence-corrected chi connectivity index (χ3v) is 9.69. The largest absolute Gasteiger partial charge is 1.00 e. The quantitative estimate of drug-likeness (QED) is 0.558. The van der Waals surface area contributed by atoms with E-state index >= 15 is 0 Å². The van der Waals surface area contributed by atoms with Crippen molar-refractivity contribution in [2.24, 2.45) is 11.8 Å². The molecule has 0 amide bonds. The minimum absolute atomic E-state index is 0. The van der Waals surface area contributed by atoms with Crippen LogP contribution in [-0.2, 0) is 23.2 Å². The Labute approximate surface area is 152 Å². The van der Waals surface area contributed by atoms with Gasteiger partial charge in [-0.05, 0) is 0 Å². The van der Waals surface area contributed by atoms with Crippen molar-refractivity contribution in [2.75, 3.05) is 0 Å². The molecule has 0 unspecified atom stereocenters. The van der Waals surface area contributed by atoms with E-state index in [1.807, 2.05) is 0 Å². The summed E-state index contributed by atoms with van der Waals surface area (Å²) in [5, 5.41) is 0. The maximum Gasteiger partial charge on any atom is -1.00 e. The van der Waals surface area contributed by atoms with Gasteiger partial charge in [-0.15, -0.1) is 0 Å². The van der Waals surface area contributed by atoms with Gasteiger partial charge < -0.3 is 9.41 Å². The summed E-state index contributed by atoms with van der Waals surface area (Å²) < 4.78 is 0.896. The van der Waals surface area contributed by atoms with Crippen LogP contribution in [0.2, 0.25) is 6.25 Å². The fourth-order valence-electron chi connectivity index (χ4n) is 3.13. The van der Waals surface area contributed by atoms with Gasteiger partial charge in [0.1, 0.15) is 0 Å². The van der Waals surface area contributed by atoms with E-state index in [4.69, 9.17) is 0 Å². The van der Waals surface area contributed by atoms with Crippen molar-refractivity contribution in [3.63, 3.8) is 0 Å². The molecule has 0 atom stereocenters. The van der Waals surface area contributed by atoms with Crippen molar-refractivity contribution in [1.29, 1.82) is 0 Å². The number of hydrogen-bond donors (Lipinski definition) is 0. The first kappa shape index (κ1) is 22.7. The zero-order valence-electron chi connectivity index (χ0n) is 14.9. The van der Waals surface area contributed by atoms with E-state index in [0.717, 1.165) is 11.8 Å². The summed E-state index contributed by atoms with van der Waals surface area (Å²) in [4.78, 5) is 0. The first-order chi connectivity index (χ1) is 9.95. The molecule has 0 radical (unpaired) electrons. The zero-order chi connectivity index (χ0) is 15.3. The van der Waals surface area contributed by atoms with E-state index in [1.165, 1.54) is 25.7 Å². The van der Waals surface area contributed by atoms with Gasteiger partial charge in [0.25, 0.3) is 0 Å². The van der Waals surface area contributed by atoms with Gasteiger partial charge in [-0.3, -0.25) is 0 Å². The second-order valence-electron chi connectivity index (χ2n) is 7.51. The molecule has 2 aliphatic rings. The predicted molar refractivity (Wildman–Crippen MR) is 90.1 cm³/mol. The Kier molecular flexibility index (Phi) is 9.74. The normalized spacial score (nSPS) is 19.0. The molecular weight excluding hydrogens is 369 g/mol. The summed E-state index contributed by atoms with van der Waals surface area (Å²) in [6.07, 6.45) is 24.7. The smallest absolute Gasteiger partial charge is 1.00 e. The molecule has 0 fully saturated rings. The second-order valence-corrected chi connectivity index (χ2v) is 12.7. The molecule has 2 aliphatic carbocycles. The van der Waals surface area contributed by atoms with Crippen LogP contribution >= 0.6 is 0 Å². The molecule has 23 heavy (non-hydrogen) atoms. The molecule has 0 nitrogen and oxygen atoms in total. The Balaban J connectivity index is 0.00000242. The molecule has 0 saturated heterocycles. The first-order valence-electron chi connectivity index (χ1n) is 8.49. The van der Waals surface area contributed by atoms with Crippen LogP contribution in [0.5, 0.6) is 0 Å². The Morgan fingerprint density at radius 1 is 0.652 bits per heavy atom. The fourth-order valence-corrected chi connectivity index (χ4v) is 8.35. The van der Waals surface area contributed by atoms with Gasteiger partial charge in [-0.25, -0.2) is 0 Å². The molecule has 0 aromatic rings. The van der Waals surface area contributed by atoms with Gasteiger partial charge in [-0.2, -0.15) is 0 Å². The Morgan fingerprint density at radius 2 is 0.957 bits per heavy atom. The number of rotatable bonds is 8. The Bertz CT molecular complexity index is 392. The minimum Gasteiger partial charge on any atom is -1.00 e. The summed E-state index contributed by atoms with van der Waals surface area (Å²) in [6, 6.07) is 0. The third-order valence-electron chi connectivity index (χ3n) is 4.53. The summed E-state index contributed by atoms with van der Waals surface area (Å²) in [5.74, 6) is 1.62. The van der Waals surface area contributed by atoms with E-state index < -0.39 is 23.2 Å². The molecule has 0 saturated carbocycles. The average molecular weight is 400 g/mol. The van der Waals surface area contributed by atoms with Crippen molar-refractivity contribution in [3.8, 4) is 0 Å². The fraction of sp³-hybridized carbons (Fsp3) is 0.600. The van der Waals surface area contributed by atoms with Crippen LogP contribution in [0.3, 0.4) is 0 Å². The molecule has 3 heteroatoms. The molecule has 0 aromatic carbocycles. The van der Waals surface area contributed by atoms with Gasteiger partial charge >= 0.3 is 143 Å². The van der Waals surface area contributed by atoms with Gasteiger partial charge in [0.15, 0.2) is 0 Å². The van der Waals surface area contributed by atoms with Crippen LogP contribution in [0.25, 0.3) is 0 Å². The first-order valence-corrected chi connectivity index (χ1v) is 10.9. The standard InChI is InChI=1S/2C10H15.2FH.Zr/c2*1-9(2)7-8-10-5-3-4-6-10;;;/h2*3-6,9H,7-8H2,1-2H3;2*1H;/q;;;;+2/p-2. The monoisotopic (exact) mass is 398 g/mol. The van der Waals surface area contributed by atoms with E-state index in [2.05, 4.69) is 76.3 Å².